The maximum atomic E-state index is 13.3. The number of carbonyl (C=O) groups is 3. The van der Waals surface area contributed by atoms with Crippen LogP contribution in [0.15, 0.2) is 48.5 Å². The average molecular weight is 805 g/mol. The predicted octanol–water partition coefficient (Wildman–Crippen LogP) is 8.15. The second-order valence-electron chi connectivity index (χ2n) is 14.6. The number of hydrogen-bond acceptors (Lipinski definition) is 5. The Morgan fingerprint density at radius 1 is 0.696 bits per heavy atom. The van der Waals surface area contributed by atoms with Crippen LogP contribution in [-0.4, -0.2) is 37.4 Å². The molecule has 10 rings (SSSR count). The Bertz CT molecular complexity index is 2430. The minimum Gasteiger partial charge on any atom is -0.657 e. The van der Waals surface area contributed by atoms with Crippen LogP contribution in [0.4, 0.5) is 0 Å². The monoisotopic (exact) mass is 803 g/mol. The fourth-order valence-corrected chi connectivity index (χ4v) is 7.85. The van der Waals surface area contributed by atoms with Crippen LogP contribution in [0, 0.1) is 13.8 Å². The van der Waals surface area contributed by atoms with E-state index >= 15 is 0 Å². The first-order valence-corrected chi connectivity index (χ1v) is 19.2. The van der Waals surface area contributed by atoms with Gasteiger partial charge in [-0.3, -0.25) is 14.4 Å². The number of allylic oxidation sites excluding steroid dienone is 4. The third kappa shape index (κ3) is 8.78. The van der Waals surface area contributed by atoms with Gasteiger partial charge < -0.3 is 25.3 Å². The summed E-state index contributed by atoms with van der Waals surface area (Å²) in [5.74, 6) is -0.841. The van der Waals surface area contributed by atoms with Crippen LogP contribution < -0.4 is 15.6 Å². The van der Waals surface area contributed by atoms with E-state index in [0.717, 1.165) is 109 Å². The molecule has 0 unspecified atom stereocenters. The Morgan fingerprint density at radius 3 is 1.66 bits per heavy atom. The smallest absolute Gasteiger partial charge is 0.300 e. The molecule has 6 aliphatic rings. The van der Waals surface area contributed by atoms with Gasteiger partial charge in [0.1, 0.15) is 0 Å². The minimum absolute atomic E-state index is 0. The van der Waals surface area contributed by atoms with Gasteiger partial charge in [0.25, 0.3) is 5.97 Å². The maximum Gasteiger partial charge on any atom is 0.300 e. The molecule has 9 heterocycles. The van der Waals surface area contributed by atoms with Gasteiger partial charge in [-0.1, -0.05) is 61.4 Å². The van der Waals surface area contributed by atoms with Gasteiger partial charge >= 0.3 is 0 Å². The van der Waals surface area contributed by atoms with Gasteiger partial charge in [-0.15, -0.1) is 11.0 Å². The molecule has 10 nitrogen and oxygen atoms in total. The molecule has 0 saturated heterocycles. The number of rotatable bonds is 2. The first kappa shape index (κ1) is 42.0. The van der Waals surface area contributed by atoms with Crippen molar-refractivity contribution in [2.45, 2.75) is 100 Å². The largest absolute Gasteiger partial charge is 0.657 e. The third-order valence-corrected chi connectivity index (χ3v) is 11.0. The summed E-state index contributed by atoms with van der Waals surface area (Å²) in [5.41, 5.74) is 18.7. The number of benzene rings is 1. The van der Waals surface area contributed by atoms with Gasteiger partial charge in [0, 0.05) is 70.4 Å². The summed E-state index contributed by atoms with van der Waals surface area (Å²) in [6.07, 6.45) is 3.54. The molecule has 56 heavy (non-hydrogen) atoms. The summed E-state index contributed by atoms with van der Waals surface area (Å²) in [6.45, 7) is 14.9. The van der Waals surface area contributed by atoms with Crippen molar-refractivity contribution in [1.82, 2.24) is 30.2 Å². The number of aromatic nitrogens is 4. The van der Waals surface area contributed by atoms with Crippen LogP contribution in [0.25, 0.3) is 44.4 Å². The maximum absolute atomic E-state index is 13.3. The molecule has 6 aliphatic heterocycles. The number of carboxylic acid groups (broad SMARTS) is 1. The van der Waals surface area contributed by atoms with E-state index in [1.54, 1.807) is 0 Å². The van der Waals surface area contributed by atoms with E-state index in [4.69, 9.17) is 24.9 Å². The zero-order valence-corrected chi connectivity index (χ0v) is 36.9. The van der Waals surface area contributed by atoms with Gasteiger partial charge in [-0.05, 0) is 110 Å². The number of carboxylic acids is 1. The summed E-state index contributed by atoms with van der Waals surface area (Å²) in [6, 6.07) is 16.7. The first-order chi connectivity index (χ1) is 26.3. The van der Waals surface area contributed by atoms with Gasteiger partial charge in [-0.25, -0.2) is 9.97 Å². The van der Waals surface area contributed by atoms with Crippen molar-refractivity contribution in [1.29, 1.82) is 0 Å². The van der Waals surface area contributed by atoms with Crippen molar-refractivity contribution in [2.24, 2.45) is 7.05 Å². The minimum atomic E-state index is -0.833. The van der Waals surface area contributed by atoms with Crippen LogP contribution in [-0.2, 0) is 66.8 Å². The van der Waals surface area contributed by atoms with E-state index in [-0.39, 0.29) is 31.3 Å². The van der Waals surface area contributed by atoms with Gasteiger partial charge in [0.05, 0.1) is 22.8 Å². The molecule has 0 fully saturated rings. The predicted molar refractivity (Wildman–Crippen MR) is 220 cm³/mol. The quantitative estimate of drug-likeness (QED) is 0.174. The van der Waals surface area contributed by atoms with E-state index < -0.39 is 5.97 Å². The normalized spacial score (nSPS) is 14.7. The molecular weight excluding hydrogens is 754 g/mol. The Kier molecular flexibility index (Phi) is 13.3. The molecule has 2 amide bonds. The molecule has 0 spiro atoms. The van der Waals surface area contributed by atoms with E-state index in [0.29, 0.717) is 38.8 Å². The van der Waals surface area contributed by atoms with Crippen LogP contribution in [0.3, 0.4) is 0 Å². The van der Waals surface area contributed by atoms with Crippen LogP contribution >= 0.6 is 0 Å². The Morgan fingerprint density at radius 2 is 1.14 bits per heavy atom. The summed E-state index contributed by atoms with van der Waals surface area (Å²) in [4.78, 5) is 51.1. The molecule has 0 saturated carbocycles. The first-order valence-electron chi connectivity index (χ1n) is 19.2. The molecule has 3 aromatic heterocycles. The van der Waals surface area contributed by atoms with E-state index in [9.17, 15) is 9.59 Å². The SMILES string of the molecule is CC(=O)O.CCC1=C(C)c2cc3c4c(C)c(cc5nc(cc6[n-]c(cc1n2)c(C)c6CCC(=O)NCc1ccc(cc1)CNC(=O)CC4)C(C)=C5CC)n3C.[Zn]. The van der Waals surface area contributed by atoms with Gasteiger partial charge in [-0.2, -0.15) is 0 Å². The molecule has 0 atom stereocenters. The molecule has 1 aromatic carbocycles. The van der Waals surface area contributed by atoms with Crippen LogP contribution in [0.5, 0.6) is 0 Å². The molecule has 11 heteroatoms. The van der Waals surface area contributed by atoms with Crippen molar-refractivity contribution < 1.29 is 39.0 Å². The fourth-order valence-electron chi connectivity index (χ4n) is 7.85. The molecule has 3 N–H and O–H groups in total. The zero-order valence-electron chi connectivity index (χ0n) is 33.9. The Balaban J connectivity index is 0.00000115. The van der Waals surface area contributed by atoms with Crippen molar-refractivity contribution >= 4 is 62.1 Å². The van der Waals surface area contributed by atoms with E-state index in [2.05, 4.69) is 88.1 Å². The van der Waals surface area contributed by atoms with Crippen LogP contribution in [0.2, 0.25) is 0 Å². The number of nitrogens with zero attached hydrogens (tertiary/aromatic N) is 4. The Hall–Kier alpha value is -5.15. The van der Waals surface area contributed by atoms with E-state index in [1.165, 1.54) is 11.1 Å². The second-order valence-corrected chi connectivity index (χ2v) is 14.6. The number of amides is 2. The average Bonchev–Trinajstić information content (AvgIpc) is 3.79. The van der Waals surface area contributed by atoms with Gasteiger partial charge in [0.15, 0.2) is 0 Å². The summed E-state index contributed by atoms with van der Waals surface area (Å²) >= 11 is 0. The molecular formula is C45H51N6O4Zn-. The number of nitrogens with one attached hydrogen (secondary N) is 2. The van der Waals surface area contributed by atoms with Gasteiger partial charge in [0.2, 0.25) is 11.8 Å². The van der Waals surface area contributed by atoms with Crippen molar-refractivity contribution in [3.8, 4) is 0 Å². The van der Waals surface area contributed by atoms with Crippen molar-refractivity contribution in [2.75, 3.05) is 0 Å². The van der Waals surface area contributed by atoms with Crippen molar-refractivity contribution in [3.63, 3.8) is 0 Å². The fraction of sp³-hybridized carbons (Fsp3) is 0.356. The van der Waals surface area contributed by atoms with Crippen LogP contribution in [0.1, 0.15) is 116 Å². The summed E-state index contributed by atoms with van der Waals surface area (Å²) < 4.78 is 2.24. The van der Waals surface area contributed by atoms with Crippen molar-refractivity contribution in [3.05, 3.63) is 105 Å². The molecule has 12 bridgehead atoms. The Labute approximate surface area is 341 Å². The third-order valence-electron chi connectivity index (χ3n) is 11.0. The molecule has 4 aromatic rings. The number of carbonyl (C=O) groups excluding carboxylic acids is 2. The molecule has 0 radical (unpaired) electrons. The topological polar surface area (TPSA) is 140 Å². The standard InChI is InChI=1S/C43H48N6O2.C2H4O2.Zn/c1-8-30-25(4)36-20-41-33-15-17-43(51)45-23-29-12-10-28(11-13-29)22-44-42(50)16-14-32-26(5)35(18-37(30)48-36)46-38(32)19-34-24(3)31(9-2)39(47-34)21-40(27(33)6)49(41)7;1-2(3)4;/h10-13,18-21H,8-9,14-17,22-23H2,1-7H3,(H3,44,45,46,47,48,50,51);1H3,(H,3,4);/p-1. The summed E-state index contributed by atoms with van der Waals surface area (Å²) in [5, 5.41) is 13.6. The van der Waals surface area contributed by atoms with E-state index in [1.807, 2.05) is 24.3 Å². The zero-order chi connectivity index (χ0) is 39.6. The number of aliphatic carboxylic acids is 1. The second kappa shape index (κ2) is 17.8. The molecule has 0 aliphatic carbocycles. The number of hydrogen-bond donors (Lipinski definition) is 3. The number of aryl methyl sites for hydroxylation is 5. The molecule has 288 valence electrons. The summed E-state index contributed by atoms with van der Waals surface area (Å²) in [7, 11) is 2.11.